The van der Waals surface area contributed by atoms with Gasteiger partial charge in [0.2, 0.25) is 9.05 Å². The van der Waals surface area contributed by atoms with Crippen LogP contribution in [0.1, 0.15) is 12.6 Å². The van der Waals surface area contributed by atoms with Crippen LogP contribution in [0.2, 0.25) is 0 Å². The highest BCUT2D eigenvalue weighted by Crippen LogP contribution is 2.24. The number of hydrogen-bond acceptors (Lipinski definition) is 5. The van der Waals surface area contributed by atoms with E-state index in [9.17, 15) is 8.42 Å². The monoisotopic (exact) mass is 275 g/mol. The second-order valence-electron chi connectivity index (χ2n) is 3.40. The second kappa shape index (κ2) is 4.50. The van der Waals surface area contributed by atoms with Gasteiger partial charge in [0, 0.05) is 22.8 Å². The van der Waals surface area contributed by atoms with Crippen molar-refractivity contribution in [1.82, 2.24) is 15.0 Å². The first-order valence-electron chi connectivity index (χ1n) is 4.88. The zero-order valence-corrected chi connectivity index (χ0v) is 10.6. The molecule has 0 amide bonds. The van der Waals surface area contributed by atoms with Crippen LogP contribution in [0.3, 0.4) is 0 Å². The zero-order chi connectivity index (χ0) is 12.5. The zero-order valence-electron chi connectivity index (χ0n) is 9.00. The minimum Gasteiger partial charge on any atom is -0.472 e. The van der Waals surface area contributed by atoms with Crippen molar-refractivity contribution in [2.45, 2.75) is 19.2 Å². The Hall–Kier alpha value is -1.34. The summed E-state index contributed by atoms with van der Waals surface area (Å²) in [6.07, 6.45) is 3.01. The first kappa shape index (κ1) is 12.1. The van der Waals surface area contributed by atoms with E-state index in [4.69, 9.17) is 15.1 Å². The van der Waals surface area contributed by atoms with Crippen molar-refractivity contribution in [3.8, 4) is 11.3 Å². The lowest BCUT2D eigenvalue weighted by Gasteiger charge is -2.02. The van der Waals surface area contributed by atoms with E-state index in [1.165, 1.54) is 12.5 Å². The summed E-state index contributed by atoms with van der Waals surface area (Å²) in [4.78, 5) is 0. The maximum absolute atomic E-state index is 11.1. The molecule has 2 aromatic rings. The summed E-state index contributed by atoms with van der Waals surface area (Å²) < 4.78 is 28.7. The van der Waals surface area contributed by atoms with Crippen molar-refractivity contribution in [1.29, 1.82) is 0 Å². The third kappa shape index (κ3) is 2.67. The minimum atomic E-state index is -3.66. The van der Waals surface area contributed by atoms with Crippen LogP contribution in [0.15, 0.2) is 23.0 Å². The molecule has 0 bridgehead atoms. The van der Waals surface area contributed by atoms with E-state index in [1.54, 1.807) is 10.7 Å². The molecule has 0 N–H and O–H groups in total. The molecule has 0 fully saturated rings. The summed E-state index contributed by atoms with van der Waals surface area (Å²) in [5.41, 5.74) is 1.67. The fourth-order valence-electron chi connectivity index (χ4n) is 1.55. The van der Waals surface area contributed by atoms with Gasteiger partial charge in [-0.15, -0.1) is 5.10 Å². The predicted molar refractivity (Wildman–Crippen MR) is 61.9 cm³/mol. The maximum Gasteiger partial charge on any atom is 0.238 e. The lowest BCUT2D eigenvalue weighted by Crippen LogP contribution is -2.01. The molecule has 0 aliphatic carbocycles. The molecule has 0 saturated carbocycles. The van der Waals surface area contributed by atoms with Crippen molar-refractivity contribution in [3.63, 3.8) is 0 Å². The SMILES string of the molecule is CCn1nnc(CS(=O)(=O)Cl)c1-c1ccoc1. The van der Waals surface area contributed by atoms with E-state index in [2.05, 4.69) is 10.3 Å². The number of furan rings is 1. The average molecular weight is 276 g/mol. The molecular formula is C9H10ClN3O3S. The van der Waals surface area contributed by atoms with Gasteiger partial charge in [-0.3, -0.25) is 0 Å². The van der Waals surface area contributed by atoms with Crippen molar-refractivity contribution >= 4 is 19.7 Å². The van der Waals surface area contributed by atoms with E-state index in [1.807, 2.05) is 6.92 Å². The lowest BCUT2D eigenvalue weighted by atomic mass is 10.2. The van der Waals surface area contributed by atoms with Crippen molar-refractivity contribution in [2.75, 3.05) is 0 Å². The van der Waals surface area contributed by atoms with E-state index in [0.29, 0.717) is 17.9 Å². The van der Waals surface area contributed by atoms with Crippen LogP contribution in [0.4, 0.5) is 0 Å². The molecule has 0 aromatic carbocycles. The van der Waals surface area contributed by atoms with Crippen LogP contribution in [0, 0.1) is 0 Å². The van der Waals surface area contributed by atoms with E-state index in [-0.39, 0.29) is 5.75 Å². The lowest BCUT2D eigenvalue weighted by molar-refractivity contribution is 0.567. The molecule has 92 valence electrons. The van der Waals surface area contributed by atoms with Crippen LogP contribution in [-0.4, -0.2) is 23.4 Å². The highest BCUT2D eigenvalue weighted by molar-refractivity contribution is 8.13. The number of aromatic nitrogens is 3. The molecule has 0 unspecified atom stereocenters. The Kier molecular flexibility index (Phi) is 3.21. The van der Waals surface area contributed by atoms with Crippen LogP contribution in [-0.2, 0) is 21.3 Å². The van der Waals surface area contributed by atoms with Gasteiger partial charge in [0.25, 0.3) is 0 Å². The van der Waals surface area contributed by atoms with Crippen LogP contribution in [0.25, 0.3) is 11.3 Å². The summed E-state index contributed by atoms with van der Waals surface area (Å²) in [5.74, 6) is -0.352. The van der Waals surface area contributed by atoms with Gasteiger partial charge in [-0.05, 0) is 13.0 Å². The number of nitrogens with zero attached hydrogens (tertiary/aromatic N) is 3. The van der Waals surface area contributed by atoms with E-state index < -0.39 is 9.05 Å². The van der Waals surface area contributed by atoms with Gasteiger partial charge in [-0.25, -0.2) is 13.1 Å². The van der Waals surface area contributed by atoms with Gasteiger partial charge < -0.3 is 4.42 Å². The molecule has 0 atom stereocenters. The van der Waals surface area contributed by atoms with Gasteiger partial charge in [0.05, 0.1) is 18.2 Å². The summed E-state index contributed by atoms with van der Waals surface area (Å²) in [5, 5.41) is 7.71. The largest absolute Gasteiger partial charge is 0.472 e. The molecule has 8 heteroatoms. The highest BCUT2D eigenvalue weighted by Gasteiger charge is 2.19. The fraction of sp³-hybridized carbons (Fsp3) is 0.333. The number of halogens is 1. The molecule has 0 aliphatic heterocycles. The minimum absolute atomic E-state index is 0.322. The van der Waals surface area contributed by atoms with Gasteiger partial charge >= 0.3 is 0 Å². The second-order valence-corrected chi connectivity index (χ2v) is 6.17. The van der Waals surface area contributed by atoms with Crippen LogP contribution >= 0.6 is 10.7 Å². The molecule has 0 saturated heterocycles. The van der Waals surface area contributed by atoms with Gasteiger partial charge in [-0.2, -0.15) is 0 Å². The van der Waals surface area contributed by atoms with Crippen molar-refractivity contribution in [3.05, 3.63) is 24.3 Å². The maximum atomic E-state index is 11.1. The van der Waals surface area contributed by atoms with Crippen LogP contribution in [0.5, 0.6) is 0 Å². The van der Waals surface area contributed by atoms with Crippen molar-refractivity contribution < 1.29 is 12.8 Å². The molecule has 2 aromatic heterocycles. The summed E-state index contributed by atoms with van der Waals surface area (Å²) in [6, 6.07) is 1.72. The smallest absolute Gasteiger partial charge is 0.238 e. The molecule has 0 aliphatic rings. The Balaban J connectivity index is 2.51. The Morgan fingerprint density at radius 1 is 1.53 bits per heavy atom. The molecule has 2 rings (SSSR count). The molecule has 0 spiro atoms. The fourth-order valence-corrected chi connectivity index (χ4v) is 2.38. The topological polar surface area (TPSA) is 78.0 Å². The third-order valence-corrected chi connectivity index (χ3v) is 3.15. The summed E-state index contributed by atoms with van der Waals surface area (Å²) >= 11 is 0. The molecule has 17 heavy (non-hydrogen) atoms. The van der Waals surface area contributed by atoms with Gasteiger partial charge in [0.15, 0.2) is 0 Å². The van der Waals surface area contributed by atoms with E-state index >= 15 is 0 Å². The molecule has 0 radical (unpaired) electrons. The molecular weight excluding hydrogens is 266 g/mol. The number of aryl methyl sites for hydroxylation is 1. The van der Waals surface area contributed by atoms with Crippen LogP contribution < -0.4 is 0 Å². The third-order valence-electron chi connectivity index (χ3n) is 2.21. The predicted octanol–water partition coefficient (Wildman–Crippen LogP) is 1.63. The Morgan fingerprint density at radius 3 is 2.82 bits per heavy atom. The number of hydrogen-bond donors (Lipinski definition) is 0. The Morgan fingerprint density at radius 2 is 2.29 bits per heavy atom. The Labute approximate surface area is 103 Å². The highest BCUT2D eigenvalue weighted by atomic mass is 35.7. The summed E-state index contributed by atoms with van der Waals surface area (Å²) in [7, 11) is 1.57. The molecule has 2 heterocycles. The Bertz CT molecular complexity index is 603. The average Bonchev–Trinajstić information content (AvgIpc) is 2.82. The first-order valence-corrected chi connectivity index (χ1v) is 7.36. The first-order chi connectivity index (χ1) is 8.01. The number of rotatable bonds is 4. The van der Waals surface area contributed by atoms with Gasteiger partial charge in [-0.1, -0.05) is 5.21 Å². The normalized spacial score (nSPS) is 11.9. The quantitative estimate of drug-likeness (QED) is 0.793. The van der Waals surface area contributed by atoms with Gasteiger partial charge in [0.1, 0.15) is 11.4 Å². The summed E-state index contributed by atoms with van der Waals surface area (Å²) in [6.45, 7) is 2.47. The van der Waals surface area contributed by atoms with Crippen molar-refractivity contribution in [2.24, 2.45) is 0 Å². The molecule has 6 nitrogen and oxygen atoms in total. The van der Waals surface area contributed by atoms with E-state index in [0.717, 1.165) is 5.56 Å². The standard InChI is InChI=1S/C9H10ClN3O3S/c1-2-13-9(7-3-4-16-5-7)8(11-12-13)6-17(10,14)15/h3-5H,2,6H2,1H3.